The summed E-state index contributed by atoms with van der Waals surface area (Å²) in [6.07, 6.45) is 0. The molecule has 1 aromatic carbocycles. The van der Waals surface area contributed by atoms with E-state index in [0.717, 1.165) is 5.39 Å². The van der Waals surface area contributed by atoms with E-state index in [2.05, 4.69) is 11.1 Å². The van der Waals surface area contributed by atoms with Crippen LogP contribution >= 0.6 is 0 Å². The highest BCUT2D eigenvalue weighted by Crippen LogP contribution is 2.24. The van der Waals surface area contributed by atoms with E-state index in [9.17, 15) is 15.2 Å². The van der Waals surface area contributed by atoms with Crippen LogP contribution < -0.4 is 4.90 Å². The topological polar surface area (TPSA) is 86.5 Å². The van der Waals surface area contributed by atoms with Crippen molar-refractivity contribution in [3.05, 3.63) is 35.9 Å². The van der Waals surface area contributed by atoms with E-state index in [4.69, 9.17) is 4.74 Å². The van der Waals surface area contributed by atoms with Crippen LogP contribution in [0.4, 0.5) is 5.82 Å². The van der Waals surface area contributed by atoms with Crippen molar-refractivity contribution in [2.75, 3.05) is 24.7 Å². The second-order valence-electron chi connectivity index (χ2n) is 4.78. The molecule has 0 saturated carbocycles. The average molecular weight is 283 g/mol. The van der Waals surface area contributed by atoms with Gasteiger partial charge in [-0.05, 0) is 12.1 Å². The first-order valence-corrected chi connectivity index (χ1v) is 6.58. The molecule has 2 heterocycles. The maximum absolute atomic E-state index is 11.3. The number of morpholine rings is 1. The van der Waals surface area contributed by atoms with Crippen LogP contribution in [0.15, 0.2) is 30.3 Å². The molecule has 1 saturated heterocycles. The molecular weight excluding hydrogens is 270 g/mol. The summed E-state index contributed by atoms with van der Waals surface area (Å²) in [6, 6.07) is 10.3. The number of aromatic nitrogens is 1. The van der Waals surface area contributed by atoms with Crippen molar-refractivity contribution in [3.63, 3.8) is 0 Å². The molecule has 0 radical (unpaired) electrons. The number of aliphatic carboxylic acids is 1. The largest absolute Gasteiger partial charge is 0.480 e. The van der Waals surface area contributed by atoms with Crippen LogP contribution in [0, 0.1) is 11.3 Å². The minimum Gasteiger partial charge on any atom is -0.480 e. The van der Waals surface area contributed by atoms with Crippen molar-refractivity contribution in [1.29, 1.82) is 5.26 Å². The van der Waals surface area contributed by atoms with Crippen LogP contribution in [-0.4, -0.2) is 41.9 Å². The standard InChI is InChI=1S/C15H13N3O3/c16-8-10-7-14(17-12-4-2-1-3-11(10)12)18-5-6-21-9-13(18)15(19)20/h1-4,7,13H,5-6,9H2,(H,19,20). The highest BCUT2D eigenvalue weighted by Gasteiger charge is 2.30. The second kappa shape index (κ2) is 5.38. The van der Waals surface area contributed by atoms with E-state index in [1.54, 1.807) is 11.0 Å². The lowest BCUT2D eigenvalue weighted by molar-refractivity contribution is -0.141. The van der Waals surface area contributed by atoms with Gasteiger partial charge in [-0.15, -0.1) is 0 Å². The lowest BCUT2D eigenvalue weighted by Gasteiger charge is -2.33. The number of nitriles is 1. The molecule has 1 aliphatic heterocycles. The van der Waals surface area contributed by atoms with Gasteiger partial charge in [0.15, 0.2) is 6.04 Å². The van der Waals surface area contributed by atoms with Gasteiger partial charge in [0.1, 0.15) is 5.82 Å². The number of hydrogen-bond acceptors (Lipinski definition) is 5. The van der Waals surface area contributed by atoms with Gasteiger partial charge >= 0.3 is 5.97 Å². The summed E-state index contributed by atoms with van der Waals surface area (Å²) in [4.78, 5) is 17.5. The first-order chi connectivity index (χ1) is 10.2. The third kappa shape index (κ3) is 2.39. The van der Waals surface area contributed by atoms with E-state index in [1.165, 1.54) is 0 Å². The van der Waals surface area contributed by atoms with Gasteiger partial charge in [0.25, 0.3) is 0 Å². The number of hydrogen-bond donors (Lipinski definition) is 1. The highest BCUT2D eigenvalue weighted by molar-refractivity contribution is 5.87. The van der Waals surface area contributed by atoms with Crippen LogP contribution in [0.1, 0.15) is 5.56 Å². The fourth-order valence-corrected chi connectivity index (χ4v) is 2.48. The van der Waals surface area contributed by atoms with Crippen molar-refractivity contribution < 1.29 is 14.6 Å². The van der Waals surface area contributed by atoms with Gasteiger partial charge in [0.05, 0.1) is 30.4 Å². The third-order valence-electron chi connectivity index (χ3n) is 3.53. The molecule has 6 heteroatoms. The normalized spacial score (nSPS) is 18.4. The van der Waals surface area contributed by atoms with Crippen molar-refractivity contribution in [2.24, 2.45) is 0 Å². The van der Waals surface area contributed by atoms with E-state index >= 15 is 0 Å². The number of anilines is 1. The summed E-state index contributed by atoms with van der Waals surface area (Å²) >= 11 is 0. The molecule has 6 nitrogen and oxygen atoms in total. The quantitative estimate of drug-likeness (QED) is 0.896. The SMILES string of the molecule is N#Cc1cc(N2CCOCC2C(=O)O)nc2ccccc12. The molecule has 0 bridgehead atoms. The van der Waals surface area contributed by atoms with Gasteiger partial charge in [0, 0.05) is 11.9 Å². The van der Waals surface area contributed by atoms with Crippen LogP contribution in [-0.2, 0) is 9.53 Å². The summed E-state index contributed by atoms with van der Waals surface area (Å²) in [5.74, 6) is -0.455. The number of fused-ring (bicyclic) bond motifs is 1. The summed E-state index contributed by atoms with van der Waals surface area (Å²) < 4.78 is 5.22. The fourth-order valence-electron chi connectivity index (χ4n) is 2.48. The zero-order chi connectivity index (χ0) is 14.8. The lowest BCUT2D eigenvalue weighted by Crippen LogP contribution is -2.50. The molecule has 0 aliphatic carbocycles. The van der Waals surface area contributed by atoms with Crippen LogP contribution in [0.5, 0.6) is 0 Å². The molecular formula is C15H13N3O3. The lowest BCUT2D eigenvalue weighted by atomic mass is 10.1. The monoisotopic (exact) mass is 283 g/mol. The Morgan fingerprint density at radius 2 is 2.29 bits per heavy atom. The minimum absolute atomic E-state index is 0.117. The molecule has 3 rings (SSSR count). The van der Waals surface area contributed by atoms with E-state index in [-0.39, 0.29) is 6.61 Å². The summed E-state index contributed by atoms with van der Waals surface area (Å²) in [5, 5.41) is 19.4. The molecule has 2 aromatic rings. The Hall–Kier alpha value is -2.65. The second-order valence-corrected chi connectivity index (χ2v) is 4.78. The molecule has 1 unspecified atom stereocenters. The molecule has 1 atom stereocenters. The predicted molar refractivity (Wildman–Crippen MR) is 76.0 cm³/mol. The van der Waals surface area contributed by atoms with Crippen LogP contribution in [0.25, 0.3) is 10.9 Å². The van der Waals surface area contributed by atoms with Gasteiger partial charge in [-0.25, -0.2) is 9.78 Å². The zero-order valence-electron chi connectivity index (χ0n) is 11.2. The van der Waals surface area contributed by atoms with Crippen molar-refractivity contribution in [3.8, 4) is 6.07 Å². The molecule has 1 aromatic heterocycles. The van der Waals surface area contributed by atoms with E-state index in [1.807, 2.05) is 24.3 Å². The van der Waals surface area contributed by atoms with Gasteiger partial charge in [-0.3, -0.25) is 0 Å². The van der Waals surface area contributed by atoms with Gasteiger partial charge in [-0.2, -0.15) is 5.26 Å². The minimum atomic E-state index is -0.955. The predicted octanol–water partition coefficient (Wildman–Crippen LogP) is 1.40. The van der Waals surface area contributed by atoms with Gasteiger partial charge < -0.3 is 14.7 Å². The Bertz CT molecular complexity index is 739. The highest BCUT2D eigenvalue weighted by atomic mass is 16.5. The number of benzene rings is 1. The molecule has 1 N–H and O–H groups in total. The molecule has 106 valence electrons. The first-order valence-electron chi connectivity index (χ1n) is 6.58. The zero-order valence-corrected chi connectivity index (χ0v) is 11.2. The number of pyridine rings is 1. The van der Waals surface area contributed by atoms with Crippen LogP contribution in [0.2, 0.25) is 0 Å². The van der Waals surface area contributed by atoms with E-state index < -0.39 is 12.0 Å². The summed E-state index contributed by atoms with van der Waals surface area (Å²) in [6.45, 7) is 0.999. The third-order valence-corrected chi connectivity index (χ3v) is 3.53. The number of carboxylic acid groups (broad SMARTS) is 1. The number of ether oxygens (including phenoxy) is 1. The molecule has 0 spiro atoms. The van der Waals surface area contributed by atoms with Crippen molar-refractivity contribution in [1.82, 2.24) is 4.98 Å². The smallest absolute Gasteiger partial charge is 0.328 e. The Balaban J connectivity index is 2.11. The Kier molecular flexibility index (Phi) is 3.42. The Morgan fingerprint density at radius 3 is 3.05 bits per heavy atom. The van der Waals surface area contributed by atoms with E-state index in [0.29, 0.717) is 30.0 Å². The summed E-state index contributed by atoms with van der Waals surface area (Å²) in [5.41, 5.74) is 1.17. The average Bonchev–Trinajstić information content (AvgIpc) is 2.53. The number of carboxylic acids is 1. The molecule has 1 fully saturated rings. The maximum Gasteiger partial charge on any atom is 0.328 e. The van der Waals surface area contributed by atoms with Crippen molar-refractivity contribution in [2.45, 2.75) is 6.04 Å². The van der Waals surface area contributed by atoms with Gasteiger partial charge in [0.2, 0.25) is 0 Å². The van der Waals surface area contributed by atoms with Gasteiger partial charge in [-0.1, -0.05) is 18.2 Å². The first kappa shape index (κ1) is 13.3. The van der Waals surface area contributed by atoms with Crippen molar-refractivity contribution >= 4 is 22.7 Å². The van der Waals surface area contributed by atoms with Crippen LogP contribution in [0.3, 0.4) is 0 Å². The molecule has 21 heavy (non-hydrogen) atoms. The Labute approximate surface area is 121 Å². The fraction of sp³-hybridized carbons (Fsp3) is 0.267. The number of rotatable bonds is 2. The Morgan fingerprint density at radius 1 is 1.48 bits per heavy atom. The number of carbonyl (C=O) groups is 1. The molecule has 0 amide bonds. The number of para-hydroxylation sites is 1. The molecule has 1 aliphatic rings. The summed E-state index contributed by atoms with van der Waals surface area (Å²) in [7, 11) is 0. The number of nitrogens with zero attached hydrogens (tertiary/aromatic N) is 3. The maximum atomic E-state index is 11.3.